The molecule has 4 nitrogen and oxygen atoms in total. The van der Waals surface area contributed by atoms with Crippen LogP contribution in [0.1, 0.15) is 17.4 Å². The van der Waals surface area contributed by atoms with Gasteiger partial charge in [-0.3, -0.25) is 0 Å². The normalized spacial score (nSPS) is 12.8. The fourth-order valence-corrected chi connectivity index (χ4v) is 2.28. The summed E-state index contributed by atoms with van der Waals surface area (Å²) in [6, 6.07) is 4.27. The highest BCUT2D eigenvalue weighted by molar-refractivity contribution is 9.10. The highest BCUT2D eigenvalue weighted by Gasteiger charge is 2.22. The van der Waals surface area contributed by atoms with Gasteiger partial charge in [0.25, 0.3) is 0 Å². The number of aryl methyl sites for hydroxylation is 1. The fraction of sp³-hybridized carbons (Fsp3) is 0.200. The van der Waals surface area contributed by atoms with E-state index in [0.717, 1.165) is 0 Å². The van der Waals surface area contributed by atoms with Gasteiger partial charge in [-0.15, -0.1) is 5.10 Å². The molecule has 0 bridgehead atoms. The molecule has 1 heterocycles. The summed E-state index contributed by atoms with van der Waals surface area (Å²) < 4.78 is 15.1. The van der Waals surface area contributed by atoms with E-state index >= 15 is 0 Å². The maximum Gasteiger partial charge on any atom is 0.154 e. The second kappa shape index (κ2) is 4.72. The zero-order chi connectivity index (χ0) is 12.6. The van der Waals surface area contributed by atoms with Crippen LogP contribution in [0.3, 0.4) is 0 Å². The van der Waals surface area contributed by atoms with E-state index in [1.807, 2.05) is 0 Å². The van der Waals surface area contributed by atoms with Crippen LogP contribution in [0.4, 0.5) is 4.39 Å². The third-order valence-electron chi connectivity index (χ3n) is 2.36. The average molecular weight is 321 g/mol. The largest absolute Gasteiger partial charge is 0.382 e. The predicted octanol–water partition coefficient (Wildman–Crippen LogP) is 2.45. The Labute approximate surface area is 110 Å². The fourth-order valence-electron chi connectivity index (χ4n) is 1.51. The van der Waals surface area contributed by atoms with Gasteiger partial charge in [0.05, 0.1) is 5.02 Å². The highest BCUT2D eigenvalue weighted by Crippen LogP contribution is 2.32. The lowest BCUT2D eigenvalue weighted by Gasteiger charge is -2.13. The van der Waals surface area contributed by atoms with Crippen molar-refractivity contribution >= 4 is 27.5 Å². The molecule has 0 aliphatic carbocycles. The maximum absolute atomic E-state index is 13.3. The smallest absolute Gasteiger partial charge is 0.154 e. The van der Waals surface area contributed by atoms with Gasteiger partial charge in [0, 0.05) is 12.6 Å². The van der Waals surface area contributed by atoms with E-state index in [4.69, 9.17) is 11.6 Å². The second-order valence-corrected chi connectivity index (χ2v) is 4.56. The van der Waals surface area contributed by atoms with Crippen molar-refractivity contribution in [2.45, 2.75) is 6.10 Å². The summed E-state index contributed by atoms with van der Waals surface area (Å²) in [4.78, 5) is 0. The summed E-state index contributed by atoms with van der Waals surface area (Å²) in [6.45, 7) is 0. The van der Waals surface area contributed by atoms with Crippen molar-refractivity contribution in [1.29, 1.82) is 0 Å². The summed E-state index contributed by atoms with van der Waals surface area (Å²) in [5.41, 5.74) is 0.690. The van der Waals surface area contributed by atoms with Crippen LogP contribution in [0, 0.1) is 5.82 Å². The monoisotopic (exact) mass is 319 g/mol. The van der Waals surface area contributed by atoms with Crippen LogP contribution < -0.4 is 0 Å². The Hall–Kier alpha value is -0.980. The lowest BCUT2D eigenvalue weighted by Crippen LogP contribution is -2.08. The summed E-state index contributed by atoms with van der Waals surface area (Å²) in [5, 5.41) is 17.5. The number of halogens is 3. The van der Waals surface area contributed by atoms with Crippen LogP contribution >= 0.6 is 27.5 Å². The third kappa shape index (κ3) is 2.20. The van der Waals surface area contributed by atoms with Crippen molar-refractivity contribution < 1.29 is 9.50 Å². The number of aromatic nitrogens is 3. The van der Waals surface area contributed by atoms with Gasteiger partial charge in [0.15, 0.2) is 4.60 Å². The van der Waals surface area contributed by atoms with Crippen molar-refractivity contribution in [3.8, 4) is 0 Å². The van der Waals surface area contributed by atoms with E-state index in [2.05, 4.69) is 26.2 Å². The zero-order valence-electron chi connectivity index (χ0n) is 8.73. The van der Waals surface area contributed by atoms with Gasteiger partial charge in [-0.05, 0) is 22.0 Å². The molecule has 0 aliphatic heterocycles. The van der Waals surface area contributed by atoms with Crippen LogP contribution in [-0.4, -0.2) is 20.1 Å². The zero-order valence-corrected chi connectivity index (χ0v) is 11.1. The molecule has 2 rings (SSSR count). The Kier molecular flexibility index (Phi) is 3.46. The van der Waals surface area contributed by atoms with Crippen molar-refractivity contribution in [2.75, 3.05) is 0 Å². The van der Waals surface area contributed by atoms with E-state index in [-0.39, 0.29) is 10.6 Å². The van der Waals surface area contributed by atoms with Crippen LogP contribution in [-0.2, 0) is 7.05 Å². The molecule has 90 valence electrons. The van der Waals surface area contributed by atoms with Crippen LogP contribution in [0.25, 0.3) is 0 Å². The molecule has 0 radical (unpaired) electrons. The topological polar surface area (TPSA) is 50.9 Å². The standard InChI is InChI=1S/C10H8BrClFN3O/c1-16-8(10(11)14-15-16)9(17)5-3-2-4-6(13)7(5)12/h2-4,9,17H,1H3. The first kappa shape index (κ1) is 12.5. The minimum Gasteiger partial charge on any atom is -0.382 e. The Balaban J connectivity index is 2.51. The van der Waals surface area contributed by atoms with E-state index in [1.54, 1.807) is 13.1 Å². The van der Waals surface area contributed by atoms with Crippen molar-refractivity contribution in [2.24, 2.45) is 7.05 Å². The molecular weight excluding hydrogens is 312 g/mol. The van der Waals surface area contributed by atoms with Crippen LogP contribution in [0.5, 0.6) is 0 Å². The first-order chi connectivity index (χ1) is 8.02. The molecule has 0 saturated carbocycles. The summed E-state index contributed by atoms with van der Waals surface area (Å²) in [6.07, 6.45) is -1.09. The first-order valence-electron chi connectivity index (χ1n) is 4.69. The molecule has 2 aromatic rings. The Morgan fingerprint density at radius 2 is 2.24 bits per heavy atom. The van der Waals surface area contributed by atoms with Gasteiger partial charge in [0.1, 0.15) is 17.6 Å². The minimum absolute atomic E-state index is 0.104. The molecule has 1 atom stereocenters. The van der Waals surface area contributed by atoms with Gasteiger partial charge in [-0.25, -0.2) is 9.07 Å². The first-order valence-corrected chi connectivity index (χ1v) is 5.86. The molecule has 0 saturated heterocycles. The molecule has 1 N–H and O–H groups in total. The molecule has 1 aromatic heterocycles. The van der Waals surface area contributed by atoms with E-state index in [1.165, 1.54) is 16.8 Å². The van der Waals surface area contributed by atoms with E-state index < -0.39 is 11.9 Å². The van der Waals surface area contributed by atoms with E-state index in [9.17, 15) is 9.50 Å². The molecule has 7 heteroatoms. The molecule has 17 heavy (non-hydrogen) atoms. The van der Waals surface area contributed by atoms with Gasteiger partial charge in [0.2, 0.25) is 0 Å². The summed E-state index contributed by atoms with van der Waals surface area (Å²) in [7, 11) is 1.63. The van der Waals surface area contributed by atoms with Crippen LogP contribution in [0.2, 0.25) is 5.02 Å². The maximum atomic E-state index is 13.3. The van der Waals surface area contributed by atoms with Gasteiger partial charge in [-0.2, -0.15) is 0 Å². The summed E-state index contributed by atoms with van der Waals surface area (Å²) in [5.74, 6) is -0.575. The highest BCUT2D eigenvalue weighted by atomic mass is 79.9. The molecule has 0 fully saturated rings. The van der Waals surface area contributed by atoms with Crippen LogP contribution in [0.15, 0.2) is 22.8 Å². The summed E-state index contributed by atoms with van der Waals surface area (Å²) >= 11 is 8.98. The van der Waals surface area contributed by atoms with Crippen molar-refractivity contribution in [3.05, 3.63) is 44.9 Å². The average Bonchev–Trinajstić information content (AvgIpc) is 2.62. The molecule has 1 unspecified atom stereocenters. The Morgan fingerprint density at radius 1 is 1.53 bits per heavy atom. The molecule has 1 aromatic carbocycles. The third-order valence-corrected chi connectivity index (χ3v) is 3.33. The molecular formula is C10H8BrClFN3O. The number of rotatable bonds is 2. The molecule has 0 aliphatic rings. The van der Waals surface area contributed by atoms with E-state index in [0.29, 0.717) is 10.3 Å². The number of benzene rings is 1. The molecule has 0 amide bonds. The lowest BCUT2D eigenvalue weighted by molar-refractivity contribution is 0.208. The van der Waals surface area contributed by atoms with Gasteiger partial charge in [-0.1, -0.05) is 28.9 Å². The van der Waals surface area contributed by atoms with Gasteiger partial charge < -0.3 is 5.11 Å². The SMILES string of the molecule is Cn1nnc(Br)c1C(O)c1cccc(F)c1Cl. The Morgan fingerprint density at radius 3 is 2.82 bits per heavy atom. The van der Waals surface area contributed by atoms with Crippen molar-refractivity contribution in [3.63, 3.8) is 0 Å². The Bertz CT molecular complexity index is 541. The predicted molar refractivity (Wildman–Crippen MR) is 64.2 cm³/mol. The minimum atomic E-state index is -1.09. The number of nitrogens with zero attached hydrogens (tertiary/aromatic N) is 3. The molecule has 0 spiro atoms. The van der Waals surface area contributed by atoms with Gasteiger partial charge >= 0.3 is 0 Å². The number of aliphatic hydroxyl groups is 1. The van der Waals surface area contributed by atoms with Crippen molar-refractivity contribution in [1.82, 2.24) is 15.0 Å². The number of hydrogen-bond donors (Lipinski definition) is 1. The second-order valence-electron chi connectivity index (χ2n) is 3.43. The number of aliphatic hydroxyl groups excluding tert-OH is 1. The number of hydrogen-bond acceptors (Lipinski definition) is 3. The quantitative estimate of drug-likeness (QED) is 0.925. The lowest BCUT2D eigenvalue weighted by atomic mass is 10.1.